The summed E-state index contributed by atoms with van der Waals surface area (Å²) in [5, 5.41) is 11.8. The van der Waals surface area contributed by atoms with Crippen LogP contribution in [0, 0.1) is 5.41 Å². The Morgan fingerprint density at radius 1 is 1.19 bits per heavy atom. The monoisotopic (exact) mass is 466 g/mol. The predicted octanol–water partition coefficient (Wildman–Crippen LogP) is 4.13. The number of halogens is 2. The van der Waals surface area contributed by atoms with Crippen molar-refractivity contribution in [2.75, 3.05) is 6.54 Å². The Labute approximate surface area is 184 Å². The fraction of sp³-hybridized carbons (Fsp3) is 0.333. The Balaban J connectivity index is 1.83. The molecule has 4 N–H and O–H groups in total. The van der Waals surface area contributed by atoms with E-state index in [9.17, 15) is 22.0 Å². The molecule has 0 bridgehead atoms. The zero-order chi connectivity index (χ0) is 23.7. The topological polar surface area (TPSA) is 124 Å². The van der Waals surface area contributed by atoms with Gasteiger partial charge in [-0.3, -0.25) is 0 Å². The summed E-state index contributed by atoms with van der Waals surface area (Å²) in [7, 11) is -3.90. The maximum atomic E-state index is 13.0. The molecule has 0 spiro atoms. The lowest BCUT2D eigenvalue weighted by Gasteiger charge is -2.30. The molecule has 3 aromatic rings. The molecule has 32 heavy (non-hydrogen) atoms. The molecule has 0 fully saturated rings. The summed E-state index contributed by atoms with van der Waals surface area (Å²) in [5.41, 5.74) is 0.831. The number of sulfonamides is 1. The molecule has 1 atom stereocenters. The number of aromatic amines is 1. The molecule has 0 radical (unpaired) electrons. The normalized spacial score (nSPS) is 13.4. The molecule has 3 rings (SSSR count). The van der Waals surface area contributed by atoms with Crippen molar-refractivity contribution in [2.24, 2.45) is 5.41 Å². The number of nitrogens with zero attached hydrogens (tertiary/aromatic N) is 1. The number of rotatable bonds is 7. The van der Waals surface area contributed by atoms with E-state index in [1.807, 2.05) is 0 Å². The SMILES string of the molecule is CC(C)(C)C(CNS(=O)(=O)c1ccc(-c2ccnc3[nH]c(C(F)F)cc23)cc1)NC(=O)O. The van der Waals surface area contributed by atoms with Crippen LogP contribution in [0.5, 0.6) is 0 Å². The van der Waals surface area contributed by atoms with E-state index in [1.165, 1.54) is 24.4 Å². The first kappa shape index (κ1) is 23.6. The Bertz CT molecular complexity index is 1220. The van der Waals surface area contributed by atoms with Crippen LogP contribution in [-0.4, -0.2) is 42.2 Å². The second-order valence-corrected chi connectivity index (χ2v) is 10.2. The van der Waals surface area contributed by atoms with Crippen molar-refractivity contribution < 1.29 is 27.1 Å². The van der Waals surface area contributed by atoms with Crippen LogP contribution >= 0.6 is 0 Å². The first-order valence-corrected chi connectivity index (χ1v) is 11.2. The highest BCUT2D eigenvalue weighted by Crippen LogP contribution is 2.31. The number of hydrogen-bond acceptors (Lipinski definition) is 4. The lowest BCUT2D eigenvalue weighted by Crippen LogP contribution is -2.50. The number of carbonyl (C=O) groups is 1. The van der Waals surface area contributed by atoms with E-state index in [4.69, 9.17) is 5.11 Å². The van der Waals surface area contributed by atoms with E-state index in [1.54, 1.807) is 39.0 Å². The first-order valence-electron chi connectivity index (χ1n) is 9.74. The number of carboxylic acid groups (broad SMARTS) is 1. The van der Waals surface area contributed by atoms with Crippen LogP contribution < -0.4 is 10.0 Å². The minimum absolute atomic E-state index is 0.00290. The fourth-order valence-corrected chi connectivity index (χ4v) is 4.28. The van der Waals surface area contributed by atoms with Crippen molar-refractivity contribution in [2.45, 2.75) is 38.1 Å². The number of fused-ring (bicyclic) bond motifs is 1. The molecule has 11 heteroatoms. The summed E-state index contributed by atoms with van der Waals surface area (Å²) in [6, 6.07) is 8.32. The fourth-order valence-electron chi connectivity index (χ4n) is 3.23. The second kappa shape index (κ2) is 8.83. The molecule has 8 nitrogen and oxygen atoms in total. The van der Waals surface area contributed by atoms with E-state index in [0.29, 0.717) is 22.2 Å². The molecular formula is C21H24F2N4O4S. The average molecular weight is 467 g/mol. The van der Waals surface area contributed by atoms with Crippen LogP contribution in [0.1, 0.15) is 32.9 Å². The van der Waals surface area contributed by atoms with E-state index < -0.39 is 34.0 Å². The third-order valence-electron chi connectivity index (χ3n) is 5.08. The van der Waals surface area contributed by atoms with E-state index in [0.717, 1.165) is 0 Å². The highest BCUT2D eigenvalue weighted by atomic mass is 32.2. The summed E-state index contributed by atoms with van der Waals surface area (Å²) in [6.45, 7) is 5.27. The smallest absolute Gasteiger partial charge is 0.404 e. The molecule has 0 aliphatic rings. The van der Waals surface area contributed by atoms with Crippen molar-refractivity contribution >= 4 is 27.1 Å². The maximum Gasteiger partial charge on any atom is 0.404 e. The minimum atomic E-state index is -3.90. The van der Waals surface area contributed by atoms with E-state index >= 15 is 0 Å². The zero-order valence-corrected chi connectivity index (χ0v) is 18.5. The van der Waals surface area contributed by atoms with Crippen molar-refractivity contribution in [1.29, 1.82) is 0 Å². The number of aromatic nitrogens is 2. The van der Waals surface area contributed by atoms with Crippen LogP contribution in [0.2, 0.25) is 0 Å². The van der Waals surface area contributed by atoms with Crippen LogP contribution in [0.3, 0.4) is 0 Å². The first-order chi connectivity index (χ1) is 14.9. The van der Waals surface area contributed by atoms with E-state index in [2.05, 4.69) is 20.0 Å². The van der Waals surface area contributed by atoms with Gasteiger partial charge in [0.25, 0.3) is 6.43 Å². The number of nitrogens with one attached hydrogen (secondary N) is 3. The maximum absolute atomic E-state index is 13.0. The van der Waals surface area contributed by atoms with Crippen molar-refractivity contribution in [3.05, 3.63) is 48.3 Å². The van der Waals surface area contributed by atoms with Gasteiger partial charge in [-0.25, -0.2) is 31.7 Å². The summed E-state index contributed by atoms with van der Waals surface area (Å²) in [5.74, 6) is 0. The van der Waals surface area contributed by atoms with Crippen LogP contribution in [0.25, 0.3) is 22.2 Å². The van der Waals surface area contributed by atoms with Gasteiger partial charge >= 0.3 is 6.09 Å². The summed E-state index contributed by atoms with van der Waals surface area (Å²) >= 11 is 0. The minimum Gasteiger partial charge on any atom is -0.465 e. The van der Waals surface area contributed by atoms with Crippen LogP contribution in [0.15, 0.2) is 47.5 Å². The van der Waals surface area contributed by atoms with Gasteiger partial charge in [-0.2, -0.15) is 0 Å². The largest absolute Gasteiger partial charge is 0.465 e. The highest BCUT2D eigenvalue weighted by Gasteiger charge is 2.28. The van der Waals surface area contributed by atoms with Gasteiger partial charge in [-0.15, -0.1) is 0 Å². The van der Waals surface area contributed by atoms with Gasteiger partial charge in [0.2, 0.25) is 10.0 Å². The molecule has 2 heterocycles. The van der Waals surface area contributed by atoms with Crippen molar-refractivity contribution in [1.82, 2.24) is 20.0 Å². The molecule has 0 aliphatic heterocycles. The van der Waals surface area contributed by atoms with Gasteiger partial charge in [0.1, 0.15) is 5.65 Å². The number of hydrogen-bond donors (Lipinski definition) is 4. The summed E-state index contributed by atoms with van der Waals surface area (Å²) in [6.07, 6.45) is -2.42. The van der Waals surface area contributed by atoms with Gasteiger partial charge in [-0.1, -0.05) is 32.9 Å². The Morgan fingerprint density at radius 3 is 2.41 bits per heavy atom. The highest BCUT2D eigenvalue weighted by molar-refractivity contribution is 7.89. The van der Waals surface area contributed by atoms with Crippen LogP contribution in [0.4, 0.5) is 13.6 Å². The zero-order valence-electron chi connectivity index (χ0n) is 17.7. The lowest BCUT2D eigenvalue weighted by molar-refractivity contribution is 0.147. The average Bonchev–Trinajstić information content (AvgIpc) is 3.15. The van der Waals surface area contributed by atoms with Gasteiger partial charge in [-0.05, 0) is 40.8 Å². The van der Waals surface area contributed by atoms with Crippen molar-refractivity contribution in [3.63, 3.8) is 0 Å². The second-order valence-electron chi connectivity index (χ2n) is 8.39. The number of pyridine rings is 1. The molecule has 172 valence electrons. The Hall–Kier alpha value is -3.05. The Kier molecular flexibility index (Phi) is 6.51. The predicted molar refractivity (Wildman–Crippen MR) is 116 cm³/mol. The molecule has 2 aromatic heterocycles. The number of alkyl halides is 2. The quantitative estimate of drug-likeness (QED) is 0.417. The molecule has 0 saturated carbocycles. The molecular weight excluding hydrogens is 442 g/mol. The van der Waals surface area contributed by atoms with Gasteiger partial charge in [0.15, 0.2) is 0 Å². The lowest BCUT2D eigenvalue weighted by atomic mass is 9.87. The third kappa shape index (κ3) is 5.22. The van der Waals surface area contributed by atoms with Gasteiger partial charge in [0, 0.05) is 18.1 Å². The van der Waals surface area contributed by atoms with Gasteiger partial charge in [0.05, 0.1) is 16.6 Å². The Morgan fingerprint density at radius 2 is 1.84 bits per heavy atom. The van der Waals surface area contributed by atoms with Crippen LogP contribution in [-0.2, 0) is 10.0 Å². The standard InChI is InChI=1S/C21H24F2N4O4S/c1-21(2,3)17(27-20(28)29)11-25-32(30,31)13-6-4-12(5-7-13)14-8-9-24-19-15(14)10-16(26-19)18(22)23/h4-10,17-18,25,27H,11H2,1-3H3,(H,24,26)(H,28,29). The third-order valence-corrected chi connectivity index (χ3v) is 6.52. The van der Waals surface area contributed by atoms with Crippen molar-refractivity contribution in [3.8, 4) is 11.1 Å². The number of benzene rings is 1. The van der Waals surface area contributed by atoms with Gasteiger partial charge < -0.3 is 15.4 Å². The summed E-state index contributed by atoms with van der Waals surface area (Å²) < 4.78 is 53.9. The van der Waals surface area contributed by atoms with E-state index in [-0.39, 0.29) is 17.1 Å². The number of amides is 1. The number of H-pyrrole nitrogens is 1. The molecule has 1 unspecified atom stereocenters. The summed E-state index contributed by atoms with van der Waals surface area (Å²) in [4.78, 5) is 17.7. The molecule has 1 aromatic carbocycles. The molecule has 1 amide bonds. The molecule has 0 aliphatic carbocycles. The molecule has 0 saturated heterocycles.